The third kappa shape index (κ3) is 3.18. The van der Waals surface area contributed by atoms with Gasteiger partial charge in [0.2, 0.25) is 10.0 Å². The second-order valence-electron chi connectivity index (χ2n) is 5.17. The van der Waals surface area contributed by atoms with E-state index >= 15 is 0 Å². The zero-order valence-corrected chi connectivity index (χ0v) is 12.2. The van der Waals surface area contributed by atoms with Crippen LogP contribution in [0.4, 0.5) is 0 Å². The molecule has 0 spiro atoms. The molecule has 1 aliphatic carbocycles. The molecule has 1 aromatic heterocycles. The summed E-state index contributed by atoms with van der Waals surface area (Å²) in [4.78, 5) is 10.7. The Labute approximate surface area is 117 Å². The van der Waals surface area contributed by atoms with Gasteiger partial charge in [-0.05, 0) is 19.3 Å². The number of hydrogen-bond donors (Lipinski definition) is 3. The maximum Gasteiger partial charge on any atom is 0.357 e. The van der Waals surface area contributed by atoms with Gasteiger partial charge in [-0.15, -0.1) is 0 Å². The maximum absolute atomic E-state index is 12.2. The van der Waals surface area contributed by atoms with Gasteiger partial charge in [0.25, 0.3) is 0 Å². The summed E-state index contributed by atoms with van der Waals surface area (Å²) in [6.07, 6.45) is 5.50. The van der Waals surface area contributed by atoms with Crippen molar-refractivity contribution in [3.63, 3.8) is 0 Å². The Morgan fingerprint density at radius 3 is 2.70 bits per heavy atom. The standard InChI is InChI=1S/C12H19N3O4S/c1-8-11(10(12(16)17)15-14-8)20(18,19)13-7-6-9-4-2-3-5-9/h9,13H,2-7H2,1H3,(H,14,15)(H,16,17). The molecular formula is C12H19N3O4S. The van der Waals surface area contributed by atoms with Crippen LogP contribution < -0.4 is 4.72 Å². The van der Waals surface area contributed by atoms with Gasteiger partial charge in [-0.25, -0.2) is 17.9 Å². The van der Waals surface area contributed by atoms with Crippen LogP contribution in [0, 0.1) is 12.8 Å². The van der Waals surface area contributed by atoms with E-state index in [1.807, 2.05) is 0 Å². The minimum absolute atomic E-state index is 0.232. The van der Waals surface area contributed by atoms with E-state index in [1.165, 1.54) is 19.8 Å². The number of hydrogen-bond acceptors (Lipinski definition) is 4. The van der Waals surface area contributed by atoms with Crippen molar-refractivity contribution in [3.8, 4) is 0 Å². The van der Waals surface area contributed by atoms with E-state index in [1.54, 1.807) is 0 Å². The molecule has 0 atom stereocenters. The molecule has 3 N–H and O–H groups in total. The lowest BCUT2D eigenvalue weighted by Crippen LogP contribution is -2.27. The molecule has 112 valence electrons. The van der Waals surface area contributed by atoms with Gasteiger partial charge in [-0.2, -0.15) is 5.10 Å². The number of aromatic nitrogens is 2. The lowest BCUT2D eigenvalue weighted by Gasteiger charge is -2.10. The molecule has 1 aliphatic rings. The van der Waals surface area contributed by atoms with Crippen LogP contribution >= 0.6 is 0 Å². The fourth-order valence-corrected chi connectivity index (χ4v) is 4.03. The normalized spacial score (nSPS) is 16.6. The smallest absolute Gasteiger partial charge is 0.357 e. The third-order valence-corrected chi connectivity index (χ3v) is 5.30. The highest BCUT2D eigenvalue weighted by atomic mass is 32.2. The summed E-state index contributed by atoms with van der Waals surface area (Å²) in [5.74, 6) is -0.785. The molecule has 7 nitrogen and oxygen atoms in total. The minimum Gasteiger partial charge on any atom is -0.476 e. The van der Waals surface area contributed by atoms with Gasteiger partial charge in [0.1, 0.15) is 4.90 Å². The first-order valence-corrected chi connectivity index (χ1v) is 8.18. The van der Waals surface area contributed by atoms with Gasteiger partial charge < -0.3 is 5.11 Å². The van der Waals surface area contributed by atoms with E-state index in [0.717, 1.165) is 19.3 Å². The number of nitrogens with zero attached hydrogens (tertiary/aromatic N) is 1. The van der Waals surface area contributed by atoms with Crippen molar-refractivity contribution in [3.05, 3.63) is 11.4 Å². The number of sulfonamides is 1. The van der Waals surface area contributed by atoms with Crippen LogP contribution in [0.15, 0.2) is 4.90 Å². The lowest BCUT2D eigenvalue weighted by molar-refractivity contribution is 0.0686. The van der Waals surface area contributed by atoms with E-state index in [4.69, 9.17) is 5.11 Å². The van der Waals surface area contributed by atoms with Crippen LogP contribution in [0.1, 0.15) is 48.3 Å². The van der Waals surface area contributed by atoms with Crippen LogP contribution in [0.2, 0.25) is 0 Å². The molecule has 0 amide bonds. The molecule has 0 aromatic carbocycles. The van der Waals surface area contributed by atoms with Gasteiger partial charge in [0.15, 0.2) is 5.69 Å². The second kappa shape index (κ2) is 5.92. The molecule has 0 saturated heterocycles. The first-order valence-electron chi connectivity index (χ1n) is 6.69. The fourth-order valence-electron chi connectivity index (χ4n) is 2.66. The Balaban J connectivity index is 2.06. The number of H-pyrrole nitrogens is 1. The van der Waals surface area contributed by atoms with E-state index in [2.05, 4.69) is 14.9 Å². The van der Waals surface area contributed by atoms with Crippen molar-refractivity contribution in [1.29, 1.82) is 0 Å². The quantitative estimate of drug-likeness (QED) is 0.732. The van der Waals surface area contributed by atoms with Crippen molar-refractivity contribution in [2.45, 2.75) is 43.9 Å². The molecule has 1 aromatic rings. The average Bonchev–Trinajstić information content (AvgIpc) is 2.98. The minimum atomic E-state index is -3.84. The lowest BCUT2D eigenvalue weighted by atomic mass is 10.1. The molecule has 20 heavy (non-hydrogen) atoms. The van der Waals surface area contributed by atoms with Crippen molar-refractivity contribution in [2.75, 3.05) is 6.54 Å². The highest BCUT2D eigenvalue weighted by molar-refractivity contribution is 7.89. The zero-order chi connectivity index (χ0) is 14.8. The van der Waals surface area contributed by atoms with Crippen LogP contribution in [0.3, 0.4) is 0 Å². The number of carbonyl (C=O) groups is 1. The molecule has 2 rings (SSSR count). The Morgan fingerprint density at radius 2 is 2.10 bits per heavy atom. The molecule has 0 radical (unpaired) electrons. The zero-order valence-electron chi connectivity index (χ0n) is 11.3. The SMILES string of the molecule is Cc1[nH]nc(C(=O)O)c1S(=O)(=O)NCCC1CCCC1. The molecule has 8 heteroatoms. The van der Waals surface area contributed by atoms with Crippen molar-refractivity contribution in [1.82, 2.24) is 14.9 Å². The van der Waals surface area contributed by atoms with E-state index in [9.17, 15) is 13.2 Å². The Kier molecular flexibility index (Phi) is 4.44. The number of carboxylic acid groups (broad SMARTS) is 1. The third-order valence-electron chi connectivity index (χ3n) is 3.68. The number of nitrogens with one attached hydrogen (secondary N) is 2. The molecule has 0 unspecified atom stereocenters. The van der Waals surface area contributed by atoms with Crippen LogP contribution in [-0.2, 0) is 10.0 Å². The topological polar surface area (TPSA) is 112 Å². The molecule has 1 saturated carbocycles. The monoisotopic (exact) mass is 301 g/mol. The van der Waals surface area contributed by atoms with Crippen molar-refractivity contribution in [2.24, 2.45) is 5.92 Å². The van der Waals surface area contributed by atoms with Gasteiger partial charge in [-0.1, -0.05) is 25.7 Å². The summed E-state index contributed by atoms with van der Waals surface area (Å²) < 4.78 is 26.8. The second-order valence-corrected chi connectivity index (χ2v) is 6.87. The Hall–Kier alpha value is -1.41. The number of aromatic carboxylic acids is 1. The van der Waals surface area contributed by atoms with E-state index in [-0.39, 0.29) is 10.6 Å². The number of aromatic amines is 1. The predicted molar refractivity (Wildman–Crippen MR) is 72.0 cm³/mol. The van der Waals surface area contributed by atoms with Crippen molar-refractivity contribution >= 4 is 16.0 Å². The van der Waals surface area contributed by atoms with E-state index in [0.29, 0.717) is 12.5 Å². The largest absolute Gasteiger partial charge is 0.476 e. The van der Waals surface area contributed by atoms with Gasteiger partial charge >= 0.3 is 5.97 Å². The van der Waals surface area contributed by atoms with Crippen LogP contribution in [-0.4, -0.2) is 36.2 Å². The van der Waals surface area contributed by atoms with Crippen molar-refractivity contribution < 1.29 is 18.3 Å². The predicted octanol–water partition coefficient (Wildman–Crippen LogP) is 1.27. The molecule has 1 fully saturated rings. The summed E-state index contributed by atoms with van der Waals surface area (Å²) in [7, 11) is -3.84. The fraction of sp³-hybridized carbons (Fsp3) is 0.667. The Bertz CT molecular complexity index is 588. The first kappa shape index (κ1) is 15.0. The maximum atomic E-state index is 12.2. The van der Waals surface area contributed by atoms with Gasteiger partial charge in [0, 0.05) is 6.54 Å². The summed E-state index contributed by atoms with van der Waals surface area (Å²) in [6.45, 7) is 1.82. The molecule has 0 bridgehead atoms. The first-order chi connectivity index (χ1) is 9.42. The average molecular weight is 301 g/mol. The summed E-state index contributed by atoms with van der Waals surface area (Å²) >= 11 is 0. The number of carboxylic acids is 1. The van der Waals surface area contributed by atoms with Gasteiger partial charge in [0.05, 0.1) is 5.69 Å². The van der Waals surface area contributed by atoms with Gasteiger partial charge in [-0.3, -0.25) is 5.10 Å². The van der Waals surface area contributed by atoms with Crippen LogP contribution in [0.25, 0.3) is 0 Å². The Morgan fingerprint density at radius 1 is 1.45 bits per heavy atom. The molecule has 1 heterocycles. The molecular weight excluding hydrogens is 282 g/mol. The molecule has 0 aliphatic heterocycles. The highest BCUT2D eigenvalue weighted by Gasteiger charge is 2.28. The number of aryl methyl sites for hydroxylation is 1. The summed E-state index contributed by atoms with van der Waals surface area (Å²) in [6, 6.07) is 0. The van der Waals surface area contributed by atoms with E-state index < -0.39 is 21.7 Å². The van der Waals surface area contributed by atoms with Crippen LogP contribution in [0.5, 0.6) is 0 Å². The highest BCUT2D eigenvalue weighted by Crippen LogP contribution is 2.27. The number of rotatable bonds is 6. The summed E-state index contributed by atoms with van der Waals surface area (Å²) in [5.41, 5.74) is -0.230. The summed E-state index contributed by atoms with van der Waals surface area (Å²) in [5, 5.41) is 14.9.